The number of rotatable bonds is 3. The van der Waals surface area contributed by atoms with E-state index in [1.807, 2.05) is 0 Å². The monoisotopic (exact) mass is 243 g/mol. The van der Waals surface area contributed by atoms with E-state index >= 15 is 0 Å². The molecule has 0 aromatic carbocycles. The van der Waals surface area contributed by atoms with E-state index < -0.39 is 39.8 Å². The molecule has 1 amide bonds. The molecule has 8 heteroatoms. The lowest BCUT2D eigenvalue weighted by Gasteiger charge is -2.43. The first-order chi connectivity index (χ1) is 6.56. The molecule has 88 valence electrons. The maximum Gasteiger partial charge on any atom is 0.289 e. The summed E-state index contributed by atoms with van der Waals surface area (Å²) in [4.78, 5) is 11.2. The summed E-state index contributed by atoms with van der Waals surface area (Å²) >= 11 is 0. The van der Waals surface area contributed by atoms with Gasteiger partial charge in [0.15, 0.2) is 4.75 Å². The summed E-state index contributed by atoms with van der Waals surface area (Å²) in [5.41, 5.74) is 0. The van der Waals surface area contributed by atoms with Gasteiger partial charge in [-0.05, 0) is 13.8 Å². The van der Waals surface area contributed by atoms with E-state index in [0.717, 1.165) is 13.8 Å². The lowest BCUT2D eigenvalue weighted by Crippen LogP contribution is -2.69. The smallest absolute Gasteiger partial charge is 0.289 e. The molecule has 1 aliphatic heterocycles. The van der Waals surface area contributed by atoms with Crippen LogP contribution in [0.15, 0.2) is 0 Å². The van der Waals surface area contributed by atoms with Gasteiger partial charge in [0.25, 0.3) is 21.9 Å². The molecule has 0 saturated carbocycles. The van der Waals surface area contributed by atoms with Crippen molar-refractivity contribution in [1.29, 1.82) is 0 Å². The van der Waals surface area contributed by atoms with E-state index in [9.17, 15) is 22.0 Å². The molecule has 1 saturated heterocycles. The zero-order valence-electron chi connectivity index (χ0n) is 8.20. The van der Waals surface area contributed by atoms with Gasteiger partial charge in [0.2, 0.25) is 0 Å². The Balaban J connectivity index is 2.90. The van der Waals surface area contributed by atoms with Crippen molar-refractivity contribution in [2.75, 3.05) is 13.2 Å². The van der Waals surface area contributed by atoms with Crippen LogP contribution in [0.4, 0.5) is 8.78 Å². The number of nitrogens with zero attached hydrogens (tertiary/aromatic N) is 1. The van der Waals surface area contributed by atoms with Gasteiger partial charge in [-0.25, -0.2) is 21.5 Å². The summed E-state index contributed by atoms with van der Waals surface area (Å²) in [7, 11) is -4.00. The molecule has 0 aliphatic carbocycles. The molecule has 1 N–H and O–H groups in total. The molecule has 15 heavy (non-hydrogen) atoms. The zero-order chi connectivity index (χ0) is 12.1. The molecule has 1 heterocycles. The highest BCUT2D eigenvalue weighted by molar-refractivity contribution is 7.94. The lowest BCUT2D eigenvalue weighted by atomic mass is 10.2. The number of sulfonamides is 1. The normalized spacial score (nSPS) is 23.8. The maximum absolute atomic E-state index is 12.7. The second-order valence-corrected chi connectivity index (χ2v) is 6.25. The summed E-state index contributed by atoms with van der Waals surface area (Å²) in [5.74, 6) is -4.48. The van der Waals surface area contributed by atoms with E-state index in [4.69, 9.17) is 5.11 Å². The highest BCUT2D eigenvalue weighted by Crippen LogP contribution is 2.36. The minimum absolute atomic E-state index is 0.100. The number of alkyl halides is 2. The molecule has 1 rings (SSSR count). The van der Waals surface area contributed by atoms with Crippen LogP contribution in [0, 0.1) is 0 Å². The van der Waals surface area contributed by atoms with Gasteiger partial charge in [-0.15, -0.1) is 0 Å². The van der Waals surface area contributed by atoms with E-state index in [2.05, 4.69) is 0 Å². The summed E-state index contributed by atoms with van der Waals surface area (Å²) in [6, 6.07) is 0. The average molecular weight is 243 g/mol. The Morgan fingerprint density at radius 2 is 1.93 bits per heavy atom. The zero-order valence-corrected chi connectivity index (χ0v) is 9.01. The third-order valence-corrected chi connectivity index (χ3v) is 4.62. The minimum Gasteiger partial charge on any atom is -0.390 e. The highest BCUT2D eigenvalue weighted by Gasteiger charge is 2.61. The van der Waals surface area contributed by atoms with Gasteiger partial charge in [-0.2, -0.15) is 0 Å². The van der Waals surface area contributed by atoms with Gasteiger partial charge >= 0.3 is 0 Å². The molecule has 1 aliphatic rings. The topological polar surface area (TPSA) is 74.7 Å². The molecule has 0 spiro atoms. The first-order valence-electron chi connectivity index (χ1n) is 4.12. The minimum atomic E-state index is -4.00. The molecule has 5 nitrogen and oxygen atoms in total. The molecular weight excluding hydrogens is 232 g/mol. The molecule has 0 aromatic rings. The second-order valence-electron chi connectivity index (χ2n) is 3.84. The Labute approximate surface area is 85.7 Å². The Morgan fingerprint density at radius 1 is 1.47 bits per heavy atom. The first kappa shape index (κ1) is 12.3. The van der Waals surface area contributed by atoms with Crippen LogP contribution < -0.4 is 0 Å². The van der Waals surface area contributed by atoms with Crippen molar-refractivity contribution >= 4 is 15.9 Å². The second kappa shape index (κ2) is 3.11. The van der Waals surface area contributed by atoms with Gasteiger partial charge < -0.3 is 5.11 Å². The molecule has 0 radical (unpaired) electrons. The fraction of sp³-hybridized carbons (Fsp3) is 0.857. The number of hydrogen-bond donors (Lipinski definition) is 1. The van der Waals surface area contributed by atoms with E-state index in [1.54, 1.807) is 0 Å². The average Bonchev–Trinajstić information content (AvgIpc) is 2.12. The summed E-state index contributed by atoms with van der Waals surface area (Å²) in [5, 5.41) is 8.27. The van der Waals surface area contributed by atoms with Crippen molar-refractivity contribution in [2.24, 2.45) is 0 Å². The Bertz CT molecular complexity index is 390. The molecule has 0 atom stereocenters. The van der Waals surface area contributed by atoms with Crippen molar-refractivity contribution in [3.05, 3.63) is 0 Å². The number of aliphatic hydroxyl groups is 1. The third-order valence-electron chi connectivity index (χ3n) is 2.28. The Hall–Kier alpha value is -0.760. The quantitative estimate of drug-likeness (QED) is 0.729. The van der Waals surface area contributed by atoms with Crippen LogP contribution in [0.1, 0.15) is 13.8 Å². The van der Waals surface area contributed by atoms with Crippen LogP contribution in [0.5, 0.6) is 0 Å². The molecule has 0 bridgehead atoms. The highest BCUT2D eigenvalue weighted by atomic mass is 32.2. The van der Waals surface area contributed by atoms with E-state index in [0.29, 0.717) is 0 Å². The summed E-state index contributed by atoms with van der Waals surface area (Å²) in [6.45, 7) is -0.489. The van der Waals surface area contributed by atoms with Crippen LogP contribution in [0.25, 0.3) is 0 Å². The fourth-order valence-corrected chi connectivity index (χ4v) is 2.73. The largest absolute Gasteiger partial charge is 0.390 e. The number of carbonyl (C=O) groups is 1. The van der Waals surface area contributed by atoms with Crippen LogP contribution in [0.2, 0.25) is 0 Å². The first-order valence-corrected chi connectivity index (χ1v) is 5.56. The van der Waals surface area contributed by atoms with Crippen LogP contribution >= 0.6 is 0 Å². The number of amides is 1. The molecular formula is C7H11F2NO4S. The molecule has 0 unspecified atom stereocenters. The van der Waals surface area contributed by atoms with Gasteiger partial charge in [-0.1, -0.05) is 0 Å². The summed E-state index contributed by atoms with van der Waals surface area (Å²) in [6.07, 6.45) is 0. The fourth-order valence-electron chi connectivity index (χ4n) is 1.17. The Morgan fingerprint density at radius 3 is 2.27 bits per heavy atom. The van der Waals surface area contributed by atoms with Gasteiger partial charge in [-0.3, -0.25) is 4.79 Å². The Kier molecular flexibility index (Phi) is 2.56. The van der Waals surface area contributed by atoms with Crippen LogP contribution in [-0.2, 0) is 14.8 Å². The SMILES string of the molecule is CC1(C)C(=O)N(CC(F)(F)CO)S1(=O)=O. The van der Waals surface area contributed by atoms with Crippen LogP contribution in [0.3, 0.4) is 0 Å². The maximum atomic E-state index is 12.7. The van der Waals surface area contributed by atoms with E-state index in [-0.39, 0.29) is 4.31 Å². The van der Waals surface area contributed by atoms with Crippen LogP contribution in [-0.4, -0.2) is 47.6 Å². The lowest BCUT2D eigenvalue weighted by molar-refractivity contribution is -0.138. The van der Waals surface area contributed by atoms with Crippen molar-refractivity contribution in [3.63, 3.8) is 0 Å². The molecule has 0 aromatic heterocycles. The van der Waals surface area contributed by atoms with E-state index in [1.165, 1.54) is 0 Å². The van der Waals surface area contributed by atoms with Crippen molar-refractivity contribution in [3.8, 4) is 0 Å². The number of carbonyl (C=O) groups excluding carboxylic acids is 1. The van der Waals surface area contributed by atoms with Crippen molar-refractivity contribution < 1.29 is 27.1 Å². The summed E-state index contributed by atoms with van der Waals surface area (Å²) < 4.78 is 46.6. The number of hydrogen-bond acceptors (Lipinski definition) is 4. The van der Waals surface area contributed by atoms with Gasteiger partial charge in [0, 0.05) is 0 Å². The van der Waals surface area contributed by atoms with Crippen molar-refractivity contribution in [2.45, 2.75) is 24.5 Å². The van der Waals surface area contributed by atoms with Gasteiger partial charge in [0.1, 0.15) is 13.2 Å². The van der Waals surface area contributed by atoms with Gasteiger partial charge in [0.05, 0.1) is 0 Å². The predicted molar refractivity (Wildman–Crippen MR) is 46.7 cm³/mol. The standard InChI is InChI=1S/C7H11F2NO4S/c1-6(2)5(12)10(15(6,13)14)3-7(8,9)4-11/h11H,3-4H2,1-2H3. The predicted octanol–water partition coefficient (Wildman–Crippen LogP) is -0.435. The number of halogens is 2. The third kappa shape index (κ3) is 1.61. The number of aliphatic hydroxyl groups excluding tert-OH is 1. The van der Waals surface area contributed by atoms with Crippen molar-refractivity contribution in [1.82, 2.24) is 4.31 Å². The molecule has 1 fully saturated rings.